The Balaban J connectivity index is 2.07. The number of aromatic nitrogens is 2. The van der Waals surface area contributed by atoms with Crippen LogP contribution in [0.5, 0.6) is 0 Å². The average molecular weight is 330 g/mol. The molecule has 1 amide bonds. The van der Waals surface area contributed by atoms with Crippen molar-refractivity contribution in [1.82, 2.24) is 20.4 Å². The van der Waals surface area contributed by atoms with Gasteiger partial charge in [0.15, 0.2) is 0 Å². The molecule has 0 aliphatic heterocycles. The van der Waals surface area contributed by atoms with Gasteiger partial charge in [0.1, 0.15) is 6.04 Å². The number of ether oxygens (including phenoxy) is 1. The summed E-state index contributed by atoms with van der Waals surface area (Å²) in [7, 11) is 4.83. The molecule has 2 unspecified atom stereocenters. The molecule has 0 aliphatic carbocycles. The first-order chi connectivity index (χ1) is 11.6. The van der Waals surface area contributed by atoms with E-state index >= 15 is 0 Å². The van der Waals surface area contributed by atoms with E-state index in [0.717, 1.165) is 11.1 Å². The maximum absolute atomic E-state index is 12.5. The lowest BCUT2D eigenvalue weighted by Gasteiger charge is -2.19. The van der Waals surface area contributed by atoms with Crippen molar-refractivity contribution in [3.63, 3.8) is 0 Å². The zero-order valence-corrected chi connectivity index (χ0v) is 14.0. The molecular weight excluding hydrogens is 308 g/mol. The molecule has 7 heteroatoms. The number of esters is 1. The third-order valence-electron chi connectivity index (χ3n) is 3.78. The van der Waals surface area contributed by atoms with Crippen LogP contribution in [-0.4, -0.2) is 42.4 Å². The molecule has 1 aromatic carbocycles. The quantitative estimate of drug-likeness (QED) is 0.732. The van der Waals surface area contributed by atoms with Gasteiger partial charge in [0.05, 0.1) is 19.2 Å². The van der Waals surface area contributed by atoms with Gasteiger partial charge in [-0.3, -0.25) is 14.3 Å². The fraction of sp³-hybridized carbons (Fsp3) is 0.353. The molecule has 0 aliphatic rings. The molecule has 1 heterocycles. The summed E-state index contributed by atoms with van der Waals surface area (Å²) in [5.41, 5.74) is 1.55. The van der Waals surface area contributed by atoms with Crippen LogP contribution in [0.15, 0.2) is 42.7 Å². The molecular formula is C17H22N4O3. The predicted octanol–water partition coefficient (Wildman–Crippen LogP) is 0.754. The van der Waals surface area contributed by atoms with E-state index in [-0.39, 0.29) is 18.4 Å². The SMILES string of the molecule is CNC(C(=O)NCC(C(=O)OC)c1ccccc1)c1cnn(C)c1. The summed E-state index contributed by atoms with van der Waals surface area (Å²) in [6.07, 6.45) is 3.41. The van der Waals surface area contributed by atoms with Gasteiger partial charge in [0, 0.05) is 25.4 Å². The first-order valence-electron chi connectivity index (χ1n) is 7.63. The highest BCUT2D eigenvalue weighted by atomic mass is 16.5. The summed E-state index contributed by atoms with van der Waals surface area (Å²) in [6.45, 7) is 0.161. The van der Waals surface area contributed by atoms with Crippen molar-refractivity contribution in [3.05, 3.63) is 53.9 Å². The number of benzene rings is 1. The Morgan fingerprint density at radius 3 is 2.50 bits per heavy atom. The Morgan fingerprint density at radius 1 is 1.25 bits per heavy atom. The second-order valence-electron chi connectivity index (χ2n) is 5.40. The fourth-order valence-electron chi connectivity index (χ4n) is 2.51. The number of nitrogens with one attached hydrogen (secondary N) is 2. The van der Waals surface area contributed by atoms with Crippen LogP contribution in [0.2, 0.25) is 0 Å². The molecule has 128 valence electrons. The molecule has 0 saturated heterocycles. The number of likely N-dealkylation sites (N-methyl/N-ethyl adjacent to an activating group) is 1. The maximum Gasteiger partial charge on any atom is 0.314 e. The molecule has 0 spiro atoms. The lowest BCUT2D eigenvalue weighted by Crippen LogP contribution is -2.39. The van der Waals surface area contributed by atoms with Gasteiger partial charge in [0.2, 0.25) is 5.91 Å². The number of aryl methyl sites for hydroxylation is 1. The van der Waals surface area contributed by atoms with Crippen molar-refractivity contribution in [2.45, 2.75) is 12.0 Å². The number of nitrogens with zero attached hydrogens (tertiary/aromatic N) is 2. The summed E-state index contributed by atoms with van der Waals surface area (Å²) in [5.74, 6) is -1.16. The van der Waals surface area contributed by atoms with E-state index in [1.807, 2.05) is 30.3 Å². The van der Waals surface area contributed by atoms with Crippen LogP contribution >= 0.6 is 0 Å². The molecule has 0 fully saturated rings. The van der Waals surface area contributed by atoms with Gasteiger partial charge in [0.25, 0.3) is 0 Å². The number of hydrogen-bond donors (Lipinski definition) is 2. The topological polar surface area (TPSA) is 85.2 Å². The largest absolute Gasteiger partial charge is 0.468 e. The summed E-state index contributed by atoms with van der Waals surface area (Å²) < 4.78 is 6.49. The highest BCUT2D eigenvalue weighted by molar-refractivity contribution is 5.84. The van der Waals surface area contributed by atoms with Crippen molar-refractivity contribution in [1.29, 1.82) is 0 Å². The number of carbonyl (C=O) groups excluding carboxylic acids is 2. The Kier molecular flexibility index (Phi) is 6.08. The minimum Gasteiger partial charge on any atom is -0.468 e. The van der Waals surface area contributed by atoms with Crippen molar-refractivity contribution < 1.29 is 14.3 Å². The zero-order valence-electron chi connectivity index (χ0n) is 14.0. The van der Waals surface area contributed by atoms with Crippen LogP contribution in [0.25, 0.3) is 0 Å². The fourth-order valence-corrected chi connectivity index (χ4v) is 2.51. The van der Waals surface area contributed by atoms with Crippen LogP contribution < -0.4 is 10.6 Å². The van der Waals surface area contributed by atoms with Gasteiger partial charge in [-0.15, -0.1) is 0 Å². The Bertz CT molecular complexity index is 684. The summed E-state index contributed by atoms with van der Waals surface area (Å²) in [6, 6.07) is 8.70. The van der Waals surface area contributed by atoms with Crippen LogP contribution in [0, 0.1) is 0 Å². The third-order valence-corrected chi connectivity index (χ3v) is 3.78. The van der Waals surface area contributed by atoms with Crippen molar-refractivity contribution in [3.8, 4) is 0 Å². The maximum atomic E-state index is 12.5. The molecule has 2 rings (SSSR count). The normalized spacial score (nSPS) is 13.1. The Morgan fingerprint density at radius 2 is 1.96 bits per heavy atom. The number of carbonyl (C=O) groups is 2. The first-order valence-corrected chi connectivity index (χ1v) is 7.63. The minimum atomic E-state index is -0.549. The molecule has 2 aromatic rings. The molecule has 0 bridgehead atoms. The van der Waals surface area contributed by atoms with Crippen LogP contribution in [0.1, 0.15) is 23.1 Å². The smallest absolute Gasteiger partial charge is 0.314 e. The summed E-state index contributed by atoms with van der Waals surface area (Å²) in [4.78, 5) is 24.5. The average Bonchev–Trinajstić information content (AvgIpc) is 3.02. The van der Waals surface area contributed by atoms with Crippen LogP contribution in [0.4, 0.5) is 0 Å². The molecule has 1 aromatic heterocycles. The molecule has 2 atom stereocenters. The Labute approximate surface area is 141 Å². The number of methoxy groups -OCH3 is 1. The van der Waals surface area contributed by atoms with Crippen molar-refractivity contribution >= 4 is 11.9 Å². The van der Waals surface area contributed by atoms with E-state index < -0.39 is 12.0 Å². The zero-order chi connectivity index (χ0) is 17.5. The van der Waals surface area contributed by atoms with Gasteiger partial charge in [-0.25, -0.2) is 0 Å². The van der Waals surface area contributed by atoms with E-state index in [2.05, 4.69) is 15.7 Å². The highest BCUT2D eigenvalue weighted by Gasteiger charge is 2.25. The molecule has 0 saturated carbocycles. The van der Waals surface area contributed by atoms with Gasteiger partial charge in [-0.1, -0.05) is 30.3 Å². The van der Waals surface area contributed by atoms with Gasteiger partial charge < -0.3 is 15.4 Å². The van der Waals surface area contributed by atoms with Crippen LogP contribution in [-0.2, 0) is 21.4 Å². The highest BCUT2D eigenvalue weighted by Crippen LogP contribution is 2.17. The van der Waals surface area contributed by atoms with Gasteiger partial charge >= 0.3 is 5.97 Å². The number of hydrogen-bond acceptors (Lipinski definition) is 5. The second-order valence-corrected chi connectivity index (χ2v) is 5.40. The van der Waals surface area contributed by atoms with E-state index in [9.17, 15) is 9.59 Å². The Hall–Kier alpha value is -2.67. The monoisotopic (exact) mass is 330 g/mol. The molecule has 2 N–H and O–H groups in total. The van der Waals surface area contributed by atoms with Crippen molar-refractivity contribution in [2.24, 2.45) is 7.05 Å². The standard InChI is InChI=1S/C17H22N4O3/c1-18-15(13-9-20-21(2)11-13)16(22)19-10-14(17(23)24-3)12-7-5-4-6-8-12/h4-9,11,14-15,18H,10H2,1-3H3,(H,19,22). The lowest BCUT2D eigenvalue weighted by molar-refractivity contribution is -0.142. The van der Waals surface area contributed by atoms with Crippen LogP contribution in [0.3, 0.4) is 0 Å². The van der Waals surface area contributed by atoms with E-state index in [1.165, 1.54) is 7.11 Å². The van der Waals surface area contributed by atoms with Gasteiger partial charge in [-0.2, -0.15) is 5.10 Å². The molecule has 7 nitrogen and oxygen atoms in total. The number of amides is 1. The van der Waals surface area contributed by atoms with Crippen molar-refractivity contribution in [2.75, 3.05) is 20.7 Å². The van der Waals surface area contributed by atoms with Gasteiger partial charge in [-0.05, 0) is 12.6 Å². The van der Waals surface area contributed by atoms with E-state index in [0.29, 0.717) is 0 Å². The third kappa shape index (κ3) is 4.20. The predicted molar refractivity (Wildman–Crippen MR) is 89.2 cm³/mol. The lowest BCUT2D eigenvalue weighted by atomic mass is 9.99. The minimum absolute atomic E-state index is 0.161. The molecule has 0 radical (unpaired) electrons. The second kappa shape index (κ2) is 8.26. The molecule has 24 heavy (non-hydrogen) atoms. The first kappa shape index (κ1) is 17.7. The summed E-state index contributed by atoms with van der Waals surface area (Å²) >= 11 is 0. The summed E-state index contributed by atoms with van der Waals surface area (Å²) in [5, 5.41) is 9.85. The van der Waals surface area contributed by atoms with E-state index in [4.69, 9.17) is 4.74 Å². The number of rotatable bonds is 7. The van der Waals surface area contributed by atoms with E-state index in [1.54, 1.807) is 31.2 Å².